The summed E-state index contributed by atoms with van der Waals surface area (Å²) in [6.45, 7) is 5.15. The van der Waals surface area contributed by atoms with Gasteiger partial charge in [0, 0.05) is 50.9 Å². The van der Waals surface area contributed by atoms with E-state index < -0.39 is 0 Å². The van der Waals surface area contributed by atoms with E-state index in [1.807, 2.05) is 24.4 Å². The van der Waals surface area contributed by atoms with Crippen molar-refractivity contribution in [2.24, 2.45) is 0 Å². The number of thioether (sulfide) groups is 1. The lowest BCUT2D eigenvalue weighted by Crippen LogP contribution is -2.47. The Hall–Kier alpha value is -1.89. The third-order valence-electron chi connectivity index (χ3n) is 4.64. The van der Waals surface area contributed by atoms with Gasteiger partial charge in [-0.2, -0.15) is 0 Å². The van der Waals surface area contributed by atoms with Crippen LogP contribution in [0.25, 0.3) is 5.65 Å². The molecule has 1 aromatic carbocycles. The molecule has 0 bridgehead atoms. The van der Waals surface area contributed by atoms with Crippen LogP contribution in [0.4, 0.5) is 0 Å². The van der Waals surface area contributed by atoms with Crippen molar-refractivity contribution in [3.8, 4) is 0 Å². The fourth-order valence-corrected chi connectivity index (χ4v) is 4.35. The molecule has 4 nitrogen and oxygen atoms in total. The molecule has 0 N–H and O–H groups in total. The first-order valence-corrected chi connectivity index (χ1v) is 10.3. The highest BCUT2D eigenvalue weighted by Crippen LogP contribution is 2.19. The Morgan fingerprint density at radius 1 is 1.00 bits per heavy atom. The molecule has 2 aromatic heterocycles. The van der Waals surface area contributed by atoms with Gasteiger partial charge in [-0.15, -0.1) is 0 Å². The van der Waals surface area contributed by atoms with Crippen LogP contribution in [0, 0.1) is 0 Å². The second-order valence-corrected chi connectivity index (χ2v) is 8.11. The number of aromatic nitrogens is 2. The van der Waals surface area contributed by atoms with Crippen LogP contribution in [0.5, 0.6) is 0 Å². The lowest BCUT2D eigenvalue weighted by atomic mass is 10.2. The topological polar surface area (TPSA) is 23.8 Å². The Bertz CT molecular complexity index is 837. The summed E-state index contributed by atoms with van der Waals surface area (Å²) >= 11 is 7.38. The van der Waals surface area contributed by atoms with Crippen LogP contribution in [0.15, 0.2) is 60.9 Å². The molecule has 26 heavy (non-hydrogen) atoms. The van der Waals surface area contributed by atoms with Crippen molar-refractivity contribution in [3.63, 3.8) is 0 Å². The molecule has 0 saturated carbocycles. The van der Waals surface area contributed by atoms with E-state index in [-0.39, 0.29) is 0 Å². The van der Waals surface area contributed by atoms with Crippen LogP contribution >= 0.6 is 24.0 Å². The van der Waals surface area contributed by atoms with Gasteiger partial charge < -0.3 is 9.30 Å². The number of nitrogens with zero attached hydrogens (tertiary/aromatic N) is 4. The molecule has 6 heteroatoms. The number of fused-ring (bicyclic) bond motifs is 1. The standard InChI is InChI=1S/C20H22N4S2/c25-20(26-16-18-15-24-9-5-4-8-19(24)21-18)23-12-10-22(11-13-23)14-17-6-2-1-3-7-17/h1-9,15H,10-14,16H2. The molecular weight excluding hydrogens is 360 g/mol. The van der Waals surface area contributed by atoms with E-state index >= 15 is 0 Å². The zero-order valence-electron chi connectivity index (χ0n) is 14.6. The molecular formula is C20H22N4S2. The van der Waals surface area contributed by atoms with Crippen LogP contribution < -0.4 is 0 Å². The number of hydrogen-bond acceptors (Lipinski definition) is 4. The van der Waals surface area contributed by atoms with E-state index in [9.17, 15) is 0 Å². The van der Waals surface area contributed by atoms with Crippen molar-refractivity contribution in [2.75, 3.05) is 26.2 Å². The summed E-state index contributed by atoms with van der Waals surface area (Å²) in [5.41, 5.74) is 3.44. The first kappa shape index (κ1) is 17.5. The second kappa shape index (κ2) is 8.20. The average Bonchev–Trinajstić information content (AvgIpc) is 3.10. The largest absolute Gasteiger partial charge is 0.355 e. The Balaban J connectivity index is 1.25. The molecule has 1 saturated heterocycles. The van der Waals surface area contributed by atoms with Gasteiger partial charge in [0.2, 0.25) is 0 Å². The van der Waals surface area contributed by atoms with Gasteiger partial charge in [-0.25, -0.2) is 4.98 Å². The average molecular weight is 383 g/mol. The number of pyridine rings is 1. The SMILES string of the molecule is S=C(SCc1cn2ccccc2n1)N1CCN(Cc2ccccc2)CC1. The monoisotopic (exact) mass is 382 g/mol. The summed E-state index contributed by atoms with van der Waals surface area (Å²) in [5, 5.41) is 0. The number of rotatable bonds is 4. The van der Waals surface area contributed by atoms with Gasteiger partial charge in [0.25, 0.3) is 0 Å². The normalized spacial score (nSPS) is 15.5. The van der Waals surface area contributed by atoms with Crippen LogP contribution in [-0.4, -0.2) is 49.7 Å². The maximum atomic E-state index is 5.66. The Morgan fingerprint density at radius 2 is 1.77 bits per heavy atom. The van der Waals surface area contributed by atoms with Crippen molar-refractivity contribution in [1.29, 1.82) is 0 Å². The number of piperazine rings is 1. The van der Waals surface area contributed by atoms with Crippen LogP contribution in [0.3, 0.4) is 0 Å². The van der Waals surface area contributed by atoms with E-state index in [2.05, 4.69) is 55.7 Å². The summed E-state index contributed by atoms with van der Waals surface area (Å²) in [5.74, 6) is 0.824. The smallest absolute Gasteiger partial charge is 0.137 e. The third-order valence-corrected chi connectivity index (χ3v) is 6.19. The molecule has 0 spiro atoms. The lowest BCUT2D eigenvalue weighted by Gasteiger charge is -2.35. The molecule has 1 aliphatic heterocycles. The van der Waals surface area contributed by atoms with Gasteiger partial charge in [0.05, 0.1) is 5.69 Å². The first-order chi connectivity index (χ1) is 12.8. The molecule has 0 amide bonds. The molecule has 4 rings (SSSR count). The van der Waals surface area contributed by atoms with Crippen LogP contribution in [-0.2, 0) is 12.3 Å². The van der Waals surface area contributed by atoms with Gasteiger partial charge in [-0.05, 0) is 17.7 Å². The molecule has 1 aliphatic rings. The zero-order valence-corrected chi connectivity index (χ0v) is 16.3. The van der Waals surface area contributed by atoms with Crippen molar-refractivity contribution in [3.05, 3.63) is 72.2 Å². The lowest BCUT2D eigenvalue weighted by molar-refractivity contribution is 0.179. The van der Waals surface area contributed by atoms with E-state index in [1.165, 1.54) is 5.56 Å². The van der Waals surface area contributed by atoms with Gasteiger partial charge in [0.1, 0.15) is 9.97 Å². The second-order valence-electron chi connectivity index (χ2n) is 6.50. The number of imidazole rings is 1. The summed E-state index contributed by atoms with van der Waals surface area (Å²) < 4.78 is 3.04. The molecule has 0 aliphatic carbocycles. The summed E-state index contributed by atoms with van der Waals surface area (Å²) in [6.07, 6.45) is 4.11. The maximum absolute atomic E-state index is 5.66. The number of hydrogen-bond donors (Lipinski definition) is 0. The summed E-state index contributed by atoms with van der Waals surface area (Å²) in [6, 6.07) is 16.7. The van der Waals surface area contributed by atoms with Crippen molar-refractivity contribution in [2.45, 2.75) is 12.3 Å². The van der Waals surface area contributed by atoms with E-state index in [0.717, 1.165) is 54.1 Å². The van der Waals surface area contributed by atoms with Gasteiger partial charge >= 0.3 is 0 Å². The number of thiocarbonyl (C=S) groups is 1. The highest BCUT2D eigenvalue weighted by molar-refractivity contribution is 8.22. The fourth-order valence-electron chi connectivity index (χ4n) is 3.21. The highest BCUT2D eigenvalue weighted by atomic mass is 32.2. The predicted octanol–water partition coefficient (Wildman–Crippen LogP) is 3.67. The van der Waals surface area contributed by atoms with Gasteiger partial charge in [-0.1, -0.05) is 60.4 Å². The van der Waals surface area contributed by atoms with E-state index in [4.69, 9.17) is 12.2 Å². The van der Waals surface area contributed by atoms with Crippen molar-refractivity contribution >= 4 is 33.9 Å². The molecule has 134 valence electrons. The van der Waals surface area contributed by atoms with E-state index in [1.54, 1.807) is 11.8 Å². The van der Waals surface area contributed by atoms with Crippen LogP contribution in [0.2, 0.25) is 0 Å². The fraction of sp³-hybridized carbons (Fsp3) is 0.300. The highest BCUT2D eigenvalue weighted by Gasteiger charge is 2.19. The number of benzene rings is 1. The molecule has 3 heterocycles. The minimum atomic E-state index is 0.824. The van der Waals surface area contributed by atoms with Crippen molar-refractivity contribution < 1.29 is 0 Å². The zero-order chi connectivity index (χ0) is 17.8. The predicted molar refractivity (Wildman–Crippen MR) is 112 cm³/mol. The van der Waals surface area contributed by atoms with Gasteiger partial charge in [0.15, 0.2) is 0 Å². The van der Waals surface area contributed by atoms with Crippen LogP contribution in [0.1, 0.15) is 11.3 Å². The molecule has 1 fully saturated rings. The summed E-state index contributed by atoms with van der Waals surface area (Å²) in [4.78, 5) is 9.48. The Labute approximate surface area is 163 Å². The quantitative estimate of drug-likeness (QED) is 0.641. The molecule has 3 aromatic rings. The third kappa shape index (κ3) is 4.26. The first-order valence-electron chi connectivity index (χ1n) is 8.88. The minimum absolute atomic E-state index is 0.824. The van der Waals surface area contributed by atoms with Gasteiger partial charge in [-0.3, -0.25) is 4.90 Å². The molecule has 0 radical (unpaired) electrons. The summed E-state index contributed by atoms with van der Waals surface area (Å²) in [7, 11) is 0. The molecule has 0 atom stereocenters. The minimum Gasteiger partial charge on any atom is -0.355 e. The van der Waals surface area contributed by atoms with E-state index in [0.29, 0.717) is 0 Å². The maximum Gasteiger partial charge on any atom is 0.137 e. The van der Waals surface area contributed by atoms with Crippen molar-refractivity contribution in [1.82, 2.24) is 19.2 Å². The molecule has 0 unspecified atom stereocenters. The Kier molecular flexibility index (Phi) is 5.53. The Morgan fingerprint density at radius 3 is 2.54 bits per heavy atom.